The summed E-state index contributed by atoms with van der Waals surface area (Å²) in [4.78, 5) is 0. The topological polar surface area (TPSA) is 12.0 Å². The van der Waals surface area contributed by atoms with Crippen molar-refractivity contribution in [1.29, 1.82) is 0 Å². The quantitative estimate of drug-likeness (QED) is 0.415. The van der Waals surface area contributed by atoms with Gasteiger partial charge in [-0.2, -0.15) is 0 Å². The summed E-state index contributed by atoms with van der Waals surface area (Å²) >= 11 is 0. The van der Waals surface area contributed by atoms with Crippen molar-refractivity contribution in [2.24, 2.45) is 17.8 Å². The van der Waals surface area contributed by atoms with Crippen LogP contribution in [-0.2, 0) is 0 Å². The van der Waals surface area contributed by atoms with Crippen LogP contribution in [0.4, 0.5) is 0 Å². The van der Waals surface area contributed by atoms with Gasteiger partial charge in [0.05, 0.1) is 0 Å². The SMILES string of the molecule is C=C/C(=C\CC)C1=CC=C(NC2=CCC(C3C=C(C(C)CC)C=CC3)CC2)CC1. The summed E-state index contributed by atoms with van der Waals surface area (Å²) in [5.41, 5.74) is 7.06. The third-order valence-electron chi connectivity index (χ3n) is 6.85. The highest BCUT2D eigenvalue weighted by molar-refractivity contribution is 5.43. The van der Waals surface area contributed by atoms with Gasteiger partial charge in [-0.1, -0.05) is 69.9 Å². The summed E-state index contributed by atoms with van der Waals surface area (Å²) in [6.07, 6.45) is 28.0. The van der Waals surface area contributed by atoms with Gasteiger partial charge in [0.2, 0.25) is 0 Å². The van der Waals surface area contributed by atoms with Crippen molar-refractivity contribution in [3.05, 3.63) is 83.3 Å². The highest BCUT2D eigenvalue weighted by Crippen LogP contribution is 2.36. The van der Waals surface area contributed by atoms with Crippen LogP contribution in [0, 0.1) is 17.8 Å². The lowest BCUT2D eigenvalue weighted by Crippen LogP contribution is -2.22. The van der Waals surface area contributed by atoms with Crippen LogP contribution >= 0.6 is 0 Å². The summed E-state index contributed by atoms with van der Waals surface area (Å²) < 4.78 is 0. The van der Waals surface area contributed by atoms with E-state index in [1.165, 1.54) is 54.6 Å². The molecule has 3 aliphatic carbocycles. The molecular formula is C28H39N. The van der Waals surface area contributed by atoms with Gasteiger partial charge < -0.3 is 5.32 Å². The lowest BCUT2D eigenvalue weighted by atomic mass is 9.76. The Kier molecular flexibility index (Phi) is 7.98. The molecule has 0 saturated carbocycles. The minimum atomic E-state index is 0.690. The monoisotopic (exact) mass is 389 g/mol. The van der Waals surface area contributed by atoms with E-state index < -0.39 is 0 Å². The molecule has 3 aliphatic rings. The van der Waals surface area contributed by atoms with E-state index in [4.69, 9.17) is 0 Å². The van der Waals surface area contributed by atoms with E-state index in [-0.39, 0.29) is 0 Å². The summed E-state index contributed by atoms with van der Waals surface area (Å²) in [7, 11) is 0. The fourth-order valence-corrected chi connectivity index (χ4v) is 4.74. The van der Waals surface area contributed by atoms with Crippen LogP contribution in [0.25, 0.3) is 0 Å². The first-order chi connectivity index (χ1) is 14.1. The average Bonchev–Trinajstić information content (AvgIpc) is 2.78. The van der Waals surface area contributed by atoms with Gasteiger partial charge in [-0.25, -0.2) is 0 Å². The van der Waals surface area contributed by atoms with Crippen molar-refractivity contribution in [3.63, 3.8) is 0 Å². The fourth-order valence-electron chi connectivity index (χ4n) is 4.74. The maximum absolute atomic E-state index is 3.97. The minimum Gasteiger partial charge on any atom is -0.363 e. The Balaban J connectivity index is 1.57. The Morgan fingerprint density at radius 2 is 2.03 bits per heavy atom. The van der Waals surface area contributed by atoms with Crippen LogP contribution < -0.4 is 5.32 Å². The molecule has 0 fully saturated rings. The minimum absolute atomic E-state index is 0.690. The maximum Gasteiger partial charge on any atom is 0.0152 e. The zero-order valence-electron chi connectivity index (χ0n) is 18.7. The molecule has 3 rings (SSSR count). The number of rotatable bonds is 8. The summed E-state index contributed by atoms with van der Waals surface area (Å²) in [6.45, 7) is 10.8. The van der Waals surface area contributed by atoms with E-state index >= 15 is 0 Å². The Morgan fingerprint density at radius 3 is 2.66 bits per heavy atom. The second-order valence-corrected chi connectivity index (χ2v) is 8.82. The molecular weight excluding hydrogens is 350 g/mol. The highest BCUT2D eigenvalue weighted by Gasteiger charge is 2.24. The summed E-state index contributed by atoms with van der Waals surface area (Å²) in [6, 6.07) is 0. The van der Waals surface area contributed by atoms with Crippen molar-refractivity contribution >= 4 is 0 Å². The van der Waals surface area contributed by atoms with E-state index in [1.54, 1.807) is 5.57 Å². The van der Waals surface area contributed by atoms with Gasteiger partial charge in [0.25, 0.3) is 0 Å². The van der Waals surface area contributed by atoms with Crippen LogP contribution in [-0.4, -0.2) is 0 Å². The second-order valence-electron chi connectivity index (χ2n) is 8.82. The van der Waals surface area contributed by atoms with Gasteiger partial charge in [-0.3, -0.25) is 0 Å². The largest absolute Gasteiger partial charge is 0.363 e. The molecule has 1 heteroatoms. The standard InChI is InChI=1S/C28H39N/c1-5-9-22(7-3)23-12-16-27(17-13-23)29-28-18-14-24(15-19-28)26-11-8-10-25(20-26)21(4)6-2/h7-10,12,16,18,20-21,24,26,29H,3,5-6,11,13-15,17,19H2,1-2,4H3/b22-9+. The van der Waals surface area contributed by atoms with E-state index in [9.17, 15) is 0 Å². The predicted molar refractivity (Wildman–Crippen MR) is 127 cm³/mol. The average molecular weight is 390 g/mol. The lowest BCUT2D eigenvalue weighted by Gasteiger charge is -2.31. The van der Waals surface area contributed by atoms with Crippen molar-refractivity contribution in [1.82, 2.24) is 5.32 Å². The molecule has 0 spiro atoms. The van der Waals surface area contributed by atoms with Gasteiger partial charge in [0, 0.05) is 11.4 Å². The predicted octanol–water partition coefficient (Wildman–Crippen LogP) is 7.94. The Morgan fingerprint density at radius 1 is 1.17 bits per heavy atom. The molecule has 0 radical (unpaired) electrons. The van der Waals surface area contributed by atoms with Gasteiger partial charge in [-0.05, 0) is 91.9 Å². The molecule has 0 aromatic heterocycles. The Hall–Kier alpha value is -2.02. The second kappa shape index (κ2) is 10.7. The van der Waals surface area contributed by atoms with E-state index in [0.717, 1.165) is 31.1 Å². The van der Waals surface area contributed by atoms with Crippen molar-refractivity contribution in [2.75, 3.05) is 0 Å². The third kappa shape index (κ3) is 5.75. The number of hydrogen-bond acceptors (Lipinski definition) is 1. The van der Waals surface area contributed by atoms with Gasteiger partial charge in [0.1, 0.15) is 0 Å². The fraction of sp³-hybridized carbons (Fsp3) is 0.500. The first-order valence-electron chi connectivity index (χ1n) is 11.7. The number of hydrogen-bond donors (Lipinski definition) is 1. The number of nitrogens with one attached hydrogen (secondary N) is 1. The number of allylic oxidation sites excluding steroid dienone is 13. The molecule has 156 valence electrons. The van der Waals surface area contributed by atoms with E-state index in [2.05, 4.69) is 75.2 Å². The summed E-state index contributed by atoms with van der Waals surface area (Å²) in [5, 5.41) is 3.73. The molecule has 0 saturated heterocycles. The zero-order chi connectivity index (χ0) is 20.6. The molecule has 0 amide bonds. The Labute approximate surface area is 178 Å². The van der Waals surface area contributed by atoms with Crippen LogP contribution in [0.5, 0.6) is 0 Å². The maximum atomic E-state index is 3.97. The lowest BCUT2D eigenvalue weighted by molar-refractivity contribution is 0.352. The van der Waals surface area contributed by atoms with Crippen molar-refractivity contribution in [3.8, 4) is 0 Å². The molecule has 3 unspecified atom stereocenters. The molecule has 0 aliphatic heterocycles. The van der Waals surface area contributed by atoms with Crippen LogP contribution in [0.1, 0.15) is 72.1 Å². The third-order valence-corrected chi connectivity index (χ3v) is 6.85. The molecule has 0 aromatic carbocycles. The highest BCUT2D eigenvalue weighted by atomic mass is 14.9. The molecule has 3 atom stereocenters. The van der Waals surface area contributed by atoms with E-state index in [0.29, 0.717) is 5.92 Å². The van der Waals surface area contributed by atoms with Crippen molar-refractivity contribution < 1.29 is 0 Å². The first kappa shape index (κ1) is 21.7. The van der Waals surface area contributed by atoms with Crippen LogP contribution in [0.3, 0.4) is 0 Å². The molecule has 1 nitrogen and oxygen atoms in total. The van der Waals surface area contributed by atoms with Gasteiger partial charge in [0.15, 0.2) is 0 Å². The smallest absolute Gasteiger partial charge is 0.0152 e. The van der Waals surface area contributed by atoms with E-state index in [1.807, 2.05) is 6.08 Å². The normalized spacial score (nSPS) is 26.1. The molecule has 1 N–H and O–H groups in total. The molecule has 0 bridgehead atoms. The Bertz CT molecular complexity index is 768. The van der Waals surface area contributed by atoms with Crippen LogP contribution in [0.15, 0.2) is 83.3 Å². The van der Waals surface area contributed by atoms with Crippen molar-refractivity contribution in [2.45, 2.75) is 72.1 Å². The molecule has 0 aromatic rings. The molecule has 29 heavy (non-hydrogen) atoms. The molecule has 0 heterocycles. The van der Waals surface area contributed by atoms with Gasteiger partial charge >= 0.3 is 0 Å². The van der Waals surface area contributed by atoms with Crippen LogP contribution in [0.2, 0.25) is 0 Å². The first-order valence-corrected chi connectivity index (χ1v) is 11.7. The summed E-state index contributed by atoms with van der Waals surface area (Å²) in [5.74, 6) is 2.21. The zero-order valence-corrected chi connectivity index (χ0v) is 18.7. The van der Waals surface area contributed by atoms with Gasteiger partial charge in [-0.15, -0.1) is 0 Å².